The molecular weight excluding hydrogens is 278 g/mol. The van der Waals surface area contributed by atoms with E-state index < -0.39 is 0 Å². The van der Waals surface area contributed by atoms with Crippen molar-refractivity contribution in [3.63, 3.8) is 0 Å². The third kappa shape index (κ3) is 2.20. The molecule has 1 N–H and O–H groups in total. The average molecular weight is 295 g/mol. The largest absolute Gasteiger partial charge is 0.340 e. The molecule has 0 spiro atoms. The molecule has 0 unspecified atom stereocenters. The molecule has 0 saturated heterocycles. The number of thiophene rings is 1. The summed E-state index contributed by atoms with van der Waals surface area (Å²) >= 11 is 1.83. The van der Waals surface area contributed by atoms with E-state index in [9.17, 15) is 0 Å². The second-order valence-corrected chi connectivity index (χ2v) is 6.52. The predicted molar refractivity (Wildman–Crippen MR) is 88.5 cm³/mol. The number of nitrogens with zero attached hydrogens (tertiary/aromatic N) is 2. The van der Waals surface area contributed by atoms with Gasteiger partial charge in [0.15, 0.2) is 0 Å². The van der Waals surface area contributed by atoms with Crippen molar-refractivity contribution in [3.8, 4) is 0 Å². The first-order chi connectivity index (χ1) is 10.3. The maximum atomic E-state index is 4.49. The number of hydrogen-bond acceptors (Lipinski definition) is 4. The summed E-state index contributed by atoms with van der Waals surface area (Å²) in [6.07, 6.45) is 6.33. The van der Waals surface area contributed by atoms with Crippen molar-refractivity contribution >= 4 is 33.1 Å². The van der Waals surface area contributed by atoms with Crippen LogP contribution in [0.4, 0.5) is 11.5 Å². The molecule has 0 amide bonds. The number of hydrogen-bond donors (Lipinski definition) is 1. The minimum absolute atomic E-state index is 0.952. The van der Waals surface area contributed by atoms with Crippen molar-refractivity contribution < 1.29 is 0 Å². The molecule has 1 aliphatic carbocycles. The number of aryl methyl sites for hydroxylation is 3. The summed E-state index contributed by atoms with van der Waals surface area (Å²) in [4.78, 5) is 11.6. The van der Waals surface area contributed by atoms with Crippen LogP contribution in [0.25, 0.3) is 10.2 Å². The Balaban J connectivity index is 1.79. The molecule has 0 atom stereocenters. The van der Waals surface area contributed by atoms with Gasteiger partial charge < -0.3 is 5.32 Å². The summed E-state index contributed by atoms with van der Waals surface area (Å²) in [6.45, 7) is 2.17. The monoisotopic (exact) mass is 295 g/mol. The number of nitrogens with one attached hydrogen (secondary N) is 1. The summed E-state index contributed by atoms with van der Waals surface area (Å²) in [6, 6.07) is 8.54. The summed E-state index contributed by atoms with van der Waals surface area (Å²) in [5.74, 6) is 0.952. The highest BCUT2D eigenvalue weighted by atomic mass is 32.1. The highest BCUT2D eigenvalue weighted by Crippen LogP contribution is 2.39. The van der Waals surface area contributed by atoms with Crippen LogP contribution in [-0.4, -0.2) is 9.97 Å². The number of anilines is 2. The van der Waals surface area contributed by atoms with E-state index in [0.29, 0.717) is 0 Å². The summed E-state index contributed by atoms with van der Waals surface area (Å²) in [7, 11) is 0. The van der Waals surface area contributed by atoms with Crippen molar-refractivity contribution in [1.82, 2.24) is 9.97 Å². The normalized spacial score (nSPS) is 13.6. The van der Waals surface area contributed by atoms with Gasteiger partial charge in [-0.05, 0) is 48.9 Å². The van der Waals surface area contributed by atoms with Gasteiger partial charge in [0.25, 0.3) is 0 Å². The molecule has 1 aliphatic rings. The SMILES string of the molecule is CCc1cccc(Nc2ncnc3sc4c(c23)CCC4)c1. The minimum atomic E-state index is 0.952. The van der Waals surface area contributed by atoms with Gasteiger partial charge in [-0.2, -0.15) is 0 Å². The molecule has 0 saturated carbocycles. The zero-order chi connectivity index (χ0) is 14.2. The van der Waals surface area contributed by atoms with E-state index in [2.05, 4.69) is 46.5 Å². The Kier molecular flexibility index (Phi) is 3.11. The molecule has 0 fully saturated rings. The first-order valence-corrected chi connectivity index (χ1v) is 8.28. The smallest absolute Gasteiger partial charge is 0.142 e. The van der Waals surface area contributed by atoms with E-state index in [4.69, 9.17) is 0 Å². The lowest BCUT2D eigenvalue weighted by molar-refractivity contribution is 0.917. The van der Waals surface area contributed by atoms with Crippen LogP contribution in [0.5, 0.6) is 0 Å². The second-order valence-electron chi connectivity index (χ2n) is 5.44. The molecule has 1 aromatic carbocycles. The predicted octanol–water partition coefficient (Wildman–Crippen LogP) is 4.49. The average Bonchev–Trinajstić information content (AvgIpc) is 3.08. The van der Waals surface area contributed by atoms with Crippen LogP contribution in [0.15, 0.2) is 30.6 Å². The van der Waals surface area contributed by atoms with Gasteiger partial charge in [0, 0.05) is 10.6 Å². The highest BCUT2D eigenvalue weighted by Gasteiger charge is 2.21. The van der Waals surface area contributed by atoms with Gasteiger partial charge >= 0.3 is 0 Å². The van der Waals surface area contributed by atoms with Crippen LogP contribution < -0.4 is 5.32 Å². The van der Waals surface area contributed by atoms with E-state index in [1.165, 1.54) is 34.2 Å². The molecule has 3 nitrogen and oxygen atoms in total. The number of rotatable bonds is 3. The molecule has 21 heavy (non-hydrogen) atoms. The fourth-order valence-electron chi connectivity index (χ4n) is 3.03. The van der Waals surface area contributed by atoms with Crippen molar-refractivity contribution in [2.45, 2.75) is 32.6 Å². The van der Waals surface area contributed by atoms with E-state index in [0.717, 1.165) is 29.2 Å². The van der Waals surface area contributed by atoms with Gasteiger partial charge in [0.2, 0.25) is 0 Å². The topological polar surface area (TPSA) is 37.8 Å². The van der Waals surface area contributed by atoms with Crippen molar-refractivity contribution in [1.29, 1.82) is 0 Å². The van der Waals surface area contributed by atoms with Crippen LogP contribution in [0.1, 0.15) is 29.3 Å². The quantitative estimate of drug-likeness (QED) is 0.774. The zero-order valence-electron chi connectivity index (χ0n) is 12.0. The Labute approximate surface area is 128 Å². The molecule has 3 aromatic rings. The van der Waals surface area contributed by atoms with Crippen LogP contribution >= 0.6 is 11.3 Å². The Hall–Kier alpha value is -1.94. The maximum Gasteiger partial charge on any atom is 0.142 e. The Morgan fingerprint density at radius 3 is 3.10 bits per heavy atom. The van der Waals surface area contributed by atoms with Crippen molar-refractivity contribution in [2.75, 3.05) is 5.32 Å². The molecular formula is C17H17N3S. The fraction of sp³-hybridized carbons (Fsp3) is 0.294. The second kappa shape index (κ2) is 5.11. The highest BCUT2D eigenvalue weighted by molar-refractivity contribution is 7.19. The van der Waals surface area contributed by atoms with E-state index in [1.807, 2.05) is 11.3 Å². The lowest BCUT2D eigenvalue weighted by Gasteiger charge is -2.08. The third-order valence-electron chi connectivity index (χ3n) is 4.10. The van der Waals surface area contributed by atoms with Crippen molar-refractivity contribution in [2.24, 2.45) is 0 Å². The van der Waals surface area contributed by atoms with Crippen LogP contribution in [-0.2, 0) is 19.3 Å². The van der Waals surface area contributed by atoms with Gasteiger partial charge in [-0.3, -0.25) is 0 Å². The lowest BCUT2D eigenvalue weighted by atomic mass is 10.1. The van der Waals surface area contributed by atoms with Crippen LogP contribution in [0.2, 0.25) is 0 Å². The number of fused-ring (bicyclic) bond motifs is 3. The molecule has 0 aliphatic heterocycles. The molecule has 4 heteroatoms. The first kappa shape index (κ1) is 12.8. The number of aromatic nitrogens is 2. The Morgan fingerprint density at radius 2 is 2.19 bits per heavy atom. The molecule has 0 radical (unpaired) electrons. The minimum Gasteiger partial charge on any atom is -0.340 e. The molecule has 106 valence electrons. The van der Waals surface area contributed by atoms with Crippen LogP contribution in [0.3, 0.4) is 0 Å². The zero-order valence-corrected chi connectivity index (χ0v) is 12.8. The van der Waals surface area contributed by atoms with Crippen LogP contribution in [0, 0.1) is 0 Å². The van der Waals surface area contributed by atoms with Gasteiger partial charge in [-0.1, -0.05) is 19.1 Å². The lowest BCUT2D eigenvalue weighted by Crippen LogP contribution is -1.96. The van der Waals surface area contributed by atoms with Gasteiger partial charge in [-0.25, -0.2) is 9.97 Å². The third-order valence-corrected chi connectivity index (χ3v) is 5.30. The number of benzene rings is 1. The van der Waals surface area contributed by atoms with E-state index >= 15 is 0 Å². The molecule has 2 aromatic heterocycles. The molecule has 0 bridgehead atoms. The fourth-order valence-corrected chi connectivity index (χ4v) is 4.26. The van der Waals surface area contributed by atoms with Crippen molar-refractivity contribution in [3.05, 3.63) is 46.6 Å². The van der Waals surface area contributed by atoms with E-state index in [1.54, 1.807) is 6.33 Å². The molecule has 4 rings (SSSR count). The summed E-state index contributed by atoms with van der Waals surface area (Å²) in [5.41, 5.74) is 3.90. The van der Waals surface area contributed by atoms with E-state index in [-0.39, 0.29) is 0 Å². The van der Waals surface area contributed by atoms with Gasteiger partial charge in [0.05, 0.1) is 5.39 Å². The maximum absolute atomic E-state index is 4.49. The van der Waals surface area contributed by atoms with Gasteiger partial charge in [0.1, 0.15) is 17.0 Å². The first-order valence-electron chi connectivity index (χ1n) is 7.46. The van der Waals surface area contributed by atoms with Gasteiger partial charge in [-0.15, -0.1) is 11.3 Å². The molecule has 2 heterocycles. The Morgan fingerprint density at radius 1 is 1.24 bits per heavy atom. The summed E-state index contributed by atoms with van der Waals surface area (Å²) in [5, 5.41) is 4.73. The Bertz CT molecular complexity index is 807. The summed E-state index contributed by atoms with van der Waals surface area (Å²) < 4.78 is 0. The standard InChI is InChI=1S/C17H17N3S/c1-2-11-5-3-6-12(9-11)20-16-15-13-7-4-8-14(13)21-17(15)19-10-18-16/h3,5-6,9-10H,2,4,7-8H2,1H3,(H,18,19,20).